The monoisotopic (exact) mass is 420 g/mol. The summed E-state index contributed by atoms with van der Waals surface area (Å²) in [5.41, 5.74) is 3.82. The molecule has 1 fully saturated rings. The Morgan fingerprint density at radius 3 is 2.71 bits per heavy atom. The fraction of sp³-hybridized carbons (Fsp3) is 0.250. The number of nitrogens with one attached hydrogen (secondary N) is 3. The second-order valence-electron chi connectivity index (χ2n) is 6.42. The summed E-state index contributed by atoms with van der Waals surface area (Å²) in [5, 5.41) is 19.3. The standard InChI is InChI=1S/C20H20N4O2.2ClH/c1-2-26-19(21)13-6-9-17-16(11-13)18(24-23-17)12-4-3-5-14(10-12)20(25)22-15-7-8-15;;/h3-6,9-11,15,21H,2,7-8H2,1H3,(H,22,25)(H,23,24);2*1H. The number of rotatable bonds is 5. The van der Waals surface area contributed by atoms with Gasteiger partial charge in [-0.3, -0.25) is 15.3 Å². The molecule has 0 radical (unpaired) electrons. The van der Waals surface area contributed by atoms with E-state index in [2.05, 4.69) is 15.5 Å². The number of carbonyl (C=O) groups is 1. The van der Waals surface area contributed by atoms with Gasteiger partial charge >= 0.3 is 0 Å². The maximum absolute atomic E-state index is 12.3. The van der Waals surface area contributed by atoms with Crippen LogP contribution in [-0.4, -0.2) is 34.7 Å². The molecule has 1 heterocycles. The molecule has 1 amide bonds. The number of halogens is 2. The van der Waals surface area contributed by atoms with Gasteiger partial charge in [-0.2, -0.15) is 5.10 Å². The minimum Gasteiger partial charge on any atom is -0.478 e. The summed E-state index contributed by atoms with van der Waals surface area (Å²) in [6.45, 7) is 2.31. The number of H-pyrrole nitrogens is 1. The molecule has 0 saturated heterocycles. The van der Waals surface area contributed by atoms with Crippen LogP contribution in [0.4, 0.5) is 0 Å². The molecule has 28 heavy (non-hydrogen) atoms. The largest absolute Gasteiger partial charge is 0.478 e. The molecule has 2 aromatic carbocycles. The number of nitrogens with zero attached hydrogens (tertiary/aromatic N) is 1. The van der Waals surface area contributed by atoms with Crippen molar-refractivity contribution in [3.63, 3.8) is 0 Å². The maximum Gasteiger partial charge on any atom is 0.251 e. The van der Waals surface area contributed by atoms with Gasteiger partial charge in [0.05, 0.1) is 17.8 Å². The van der Waals surface area contributed by atoms with Crippen molar-refractivity contribution >= 4 is 47.5 Å². The van der Waals surface area contributed by atoms with Crippen LogP contribution in [0.2, 0.25) is 0 Å². The third-order valence-electron chi connectivity index (χ3n) is 4.42. The van der Waals surface area contributed by atoms with Crippen LogP contribution in [0.5, 0.6) is 0 Å². The SMILES string of the molecule is CCOC(=N)c1ccc2[nH]nc(-c3cccc(C(=O)NC4CC4)c3)c2c1.Cl.Cl. The smallest absolute Gasteiger partial charge is 0.251 e. The van der Waals surface area contributed by atoms with Gasteiger partial charge in [0, 0.05) is 28.1 Å². The van der Waals surface area contributed by atoms with E-state index < -0.39 is 0 Å². The number of aromatic nitrogens is 2. The van der Waals surface area contributed by atoms with E-state index in [0.717, 1.165) is 35.0 Å². The lowest BCUT2D eigenvalue weighted by molar-refractivity contribution is 0.0951. The Kier molecular flexibility index (Phi) is 7.05. The zero-order valence-electron chi connectivity index (χ0n) is 15.3. The van der Waals surface area contributed by atoms with Gasteiger partial charge in [0.2, 0.25) is 5.90 Å². The molecule has 0 atom stereocenters. The number of hydrogen-bond donors (Lipinski definition) is 3. The molecule has 8 heteroatoms. The van der Waals surface area contributed by atoms with Crippen LogP contribution in [0.3, 0.4) is 0 Å². The number of aromatic amines is 1. The predicted octanol–water partition coefficient (Wildman–Crippen LogP) is 4.33. The first-order valence-electron chi connectivity index (χ1n) is 8.77. The summed E-state index contributed by atoms with van der Waals surface area (Å²) in [6, 6.07) is 13.4. The quantitative estimate of drug-likeness (QED) is 0.423. The first-order chi connectivity index (χ1) is 12.7. The molecule has 0 bridgehead atoms. The Labute approximate surface area is 175 Å². The molecule has 1 aliphatic rings. The van der Waals surface area contributed by atoms with Crippen molar-refractivity contribution < 1.29 is 9.53 Å². The molecule has 3 N–H and O–H groups in total. The van der Waals surface area contributed by atoms with Crippen molar-refractivity contribution in [1.29, 1.82) is 5.41 Å². The summed E-state index contributed by atoms with van der Waals surface area (Å²) >= 11 is 0. The molecule has 0 unspecified atom stereocenters. The fourth-order valence-corrected chi connectivity index (χ4v) is 2.91. The lowest BCUT2D eigenvalue weighted by Crippen LogP contribution is -2.25. The third-order valence-corrected chi connectivity index (χ3v) is 4.42. The van der Waals surface area contributed by atoms with Crippen LogP contribution in [0.25, 0.3) is 22.2 Å². The summed E-state index contributed by atoms with van der Waals surface area (Å²) < 4.78 is 5.29. The lowest BCUT2D eigenvalue weighted by atomic mass is 10.0. The van der Waals surface area contributed by atoms with Crippen LogP contribution >= 0.6 is 24.8 Å². The Morgan fingerprint density at radius 2 is 2.00 bits per heavy atom. The Morgan fingerprint density at radius 1 is 1.21 bits per heavy atom. The predicted molar refractivity (Wildman–Crippen MR) is 115 cm³/mol. The first kappa shape index (κ1) is 21.7. The van der Waals surface area contributed by atoms with Gasteiger partial charge in [-0.25, -0.2) is 0 Å². The highest BCUT2D eigenvalue weighted by molar-refractivity contribution is 6.01. The van der Waals surface area contributed by atoms with Crippen LogP contribution in [0.15, 0.2) is 42.5 Å². The number of carbonyl (C=O) groups excluding carboxylic acids is 1. The minimum atomic E-state index is -0.0481. The van der Waals surface area contributed by atoms with E-state index in [0.29, 0.717) is 23.8 Å². The summed E-state index contributed by atoms with van der Waals surface area (Å²) in [4.78, 5) is 12.3. The highest BCUT2D eigenvalue weighted by Crippen LogP contribution is 2.28. The summed E-state index contributed by atoms with van der Waals surface area (Å²) in [6.07, 6.45) is 2.12. The van der Waals surface area contributed by atoms with Crippen LogP contribution < -0.4 is 5.32 Å². The van der Waals surface area contributed by atoms with Crippen LogP contribution in [-0.2, 0) is 4.74 Å². The minimum absolute atomic E-state index is 0. The molecule has 3 aromatic rings. The number of benzene rings is 2. The third kappa shape index (κ3) is 4.46. The molecular formula is C20H22Cl2N4O2. The molecule has 6 nitrogen and oxygen atoms in total. The van der Waals surface area contributed by atoms with E-state index in [4.69, 9.17) is 10.1 Å². The Balaban J connectivity index is 0.00000140. The van der Waals surface area contributed by atoms with Gasteiger partial charge in [-0.05, 0) is 50.1 Å². The van der Waals surface area contributed by atoms with Crippen molar-refractivity contribution in [2.24, 2.45) is 0 Å². The molecule has 1 aromatic heterocycles. The number of hydrogen-bond acceptors (Lipinski definition) is 4. The van der Waals surface area contributed by atoms with Crippen molar-refractivity contribution in [3.8, 4) is 11.3 Å². The average Bonchev–Trinajstić information content (AvgIpc) is 3.37. The van der Waals surface area contributed by atoms with E-state index in [9.17, 15) is 4.79 Å². The molecule has 1 aliphatic carbocycles. The number of amides is 1. The zero-order chi connectivity index (χ0) is 18.1. The van der Waals surface area contributed by atoms with E-state index in [-0.39, 0.29) is 36.6 Å². The van der Waals surface area contributed by atoms with Crippen molar-refractivity contribution in [1.82, 2.24) is 15.5 Å². The highest BCUT2D eigenvalue weighted by atomic mass is 35.5. The first-order valence-corrected chi connectivity index (χ1v) is 8.77. The number of ether oxygens (including phenoxy) is 1. The molecule has 0 aliphatic heterocycles. The van der Waals surface area contributed by atoms with E-state index in [1.54, 1.807) is 0 Å². The molecule has 148 valence electrons. The van der Waals surface area contributed by atoms with E-state index >= 15 is 0 Å². The Hall–Kier alpha value is -2.57. The fourth-order valence-electron chi connectivity index (χ4n) is 2.91. The zero-order valence-corrected chi connectivity index (χ0v) is 17.0. The van der Waals surface area contributed by atoms with Crippen molar-refractivity contribution in [2.75, 3.05) is 6.61 Å². The average molecular weight is 421 g/mol. The van der Waals surface area contributed by atoms with Gasteiger partial charge in [-0.15, -0.1) is 24.8 Å². The maximum atomic E-state index is 12.3. The molecule has 4 rings (SSSR count). The molecule has 0 spiro atoms. The summed E-state index contributed by atoms with van der Waals surface area (Å²) in [7, 11) is 0. The topological polar surface area (TPSA) is 90.9 Å². The van der Waals surface area contributed by atoms with Crippen molar-refractivity contribution in [2.45, 2.75) is 25.8 Å². The second kappa shape index (κ2) is 9.08. The van der Waals surface area contributed by atoms with Gasteiger partial charge in [0.25, 0.3) is 5.91 Å². The normalized spacial score (nSPS) is 12.6. The van der Waals surface area contributed by atoms with Gasteiger partial charge < -0.3 is 10.1 Å². The van der Waals surface area contributed by atoms with Crippen LogP contribution in [0.1, 0.15) is 35.7 Å². The van der Waals surface area contributed by atoms with Crippen LogP contribution in [0, 0.1) is 5.41 Å². The molecular weight excluding hydrogens is 399 g/mol. The Bertz CT molecular complexity index is 999. The highest BCUT2D eigenvalue weighted by Gasteiger charge is 2.24. The summed E-state index contributed by atoms with van der Waals surface area (Å²) in [5.74, 6) is 0.0899. The van der Waals surface area contributed by atoms with Crippen molar-refractivity contribution in [3.05, 3.63) is 53.6 Å². The lowest BCUT2D eigenvalue weighted by Gasteiger charge is -2.06. The second-order valence-corrected chi connectivity index (χ2v) is 6.42. The molecule has 1 saturated carbocycles. The number of fused-ring (bicyclic) bond motifs is 1. The van der Waals surface area contributed by atoms with Gasteiger partial charge in [0.15, 0.2) is 0 Å². The van der Waals surface area contributed by atoms with Gasteiger partial charge in [-0.1, -0.05) is 12.1 Å². The van der Waals surface area contributed by atoms with E-state index in [1.165, 1.54) is 0 Å². The van der Waals surface area contributed by atoms with Gasteiger partial charge in [0.1, 0.15) is 0 Å². The van der Waals surface area contributed by atoms with E-state index in [1.807, 2.05) is 49.4 Å².